The Bertz CT molecular complexity index is 663. The summed E-state index contributed by atoms with van der Waals surface area (Å²) in [6.45, 7) is 5.95. The number of amides is 1. The number of esters is 1. The third kappa shape index (κ3) is 16.0. The summed E-state index contributed by atoms with van der Waals surface area (Å²) in [4.78, 5) is 24.8. The fourth-order valence-electron chi connectivity index (χ4n) is 3.75. The van der Waals surface area contributed by atoms with Gasteiger partial charge < -0.3 is 14.8 Å². The first kappa shape index (κ1) is 30.3. The molecule has 0 saturated heterocycles. The molecule has 1 amide bonds. The Morgan fingerprint density at radius 1 is 0.824 bits per heavy atom. The third-order valence-corrected chi connectivity index (χ3v) is 5.95. The van der Waals surface area contributed by atoms with Gasteiger partial charge in [-0.2, -0.15) is 0 Å². The molecule has 0 radical (unpaired) electrons. The van der Waals surface area contributed by atoms with E-state index in [-0.39, 0.29) is 24.5 Å². The van der Waals surface area contributed by atoms with Crippen molar-refractivity contribution in [2.75, 3.05) is 6.61 Å². The molecule has 194 valence electrons. The number of halogens is 1. The van der Waals surface area contributed by atoms with Crippen LogP contribution in [0.25, 0.3) is 0 Å². The Kier molecular flexibility index (Phi) is 17.4. The van der Waals surface area contributed by atoms with Gasteiger partial charge in [-0.15, -0.1) is 0 Å². The van der Waals surface area contributed by atoms with Crippen LogP contribution in [-0.4, -0.2) is 30.6 Å². The SMILES string of the molecule is CCCCCCCCCCCCCCCC(=O)OC(COc1ccc(Cl)cc1)C(=O)NC(C)C. The predicted molar refractivity (Wildman–Crippen MR) is 140 cm³/mol. The molecule has 5 nitrogen and oxygen atoms in total. The second-order valence-electron chi connectivity index (χ2n) is 9.40. The normalized spacial score (nSPS) is 11.9. The zero-order valence-corrected chi connectivity index (χ0v) is 22.3. The van der Waals surface area contributed by atoms with Crippen LogP contribution in [0.3, 0.4) is 0 Å². The molecule has 1 unspecified atom stereocenters. The molecule has 0 fully saturated rings. The van der Waals surface area contributed by atoms with E-state index in [0.717, 1.165) is 19.3 Å². The van der Waals surface area contributed by atoms with Crippen molar-refractivity contribution < 1.29 is 19.1 Å². The van der Waals surface area contributed by atoms with Crippen LogP contribution >= 0.6 is 11.6 Å². The van der Waals surface area contributed by atoms with Crippen molar-refractivity contribution in [2.45, 2.75) is 123 Å². The Hall–Kier alpha value is -1.75. The molecule has 0 aliphatic heterocycles. The maximum Gasteiger partial charge on any atom is 0.306 e. The minimum absolute atomic E-state index is 0.0372. The van der Waals surface area contributed by atoms with E-state index in [1.807, 2.05) is 13.8 Å². The minimum atomic E-state index is -0.979. The molecule has 0 aliphatic rings. The molecule has 1 N–H and O–H groups in total. The van der Waals surface area contributed by atoms with Crippen LogP contribution < -0.4 is 10.1 Å². The number of hydrogen-bond donors (Lipinski definition) is 1. The number of carbonyl (C=O) groups excluding carboxylic acids is 2. The van der Waals surface area contributed by atoms with E-state index in [4.69, 9.17) is 21.1 Å². The van der Waals surface area contributed by atoms with Gasteiger partial charge >= 0.3 is 5.97 Å². The van der Waals surface area contributed by atoms with Crippen LogP contribution in [0.1, 0.15) is 111 Å². The van der Waals surface area contributed by atoms with Gasteiger partial charge in [0.25, 0.3) is 5.91 Å². The van der Waals surface area contributed by atoms with Crippen LogP contribution in [0, 0.1) is 0 Å². The van der Waals surface area contributed by atoms with E-state index in [1.165, 1.54) is 64.2 Å². The lowest BCUT2D eigenvalue weighted by Crippen LogP contribution is -2.44. The maximum atomic E-state index is 12.5. The summed E-state index contributed by atoms with van der Waals surface area (Å²) in [7, 11) is 0. The van der Waals surface area contributed by atoms with Crippen molar-refractivity contribution in [3.63, 3.8) is 0 Å². The van der Waals surface area contributed by atoms with Gasteiger partial charge in [-0.1, -0.05) is 95.6 Å². The zero-order chi connectivity index (χ0) is 25.0. The van der Waals surface area contributed by atoms with Gasteiger partial charge in [-0.25, -0.2) is 0 Å². The average molecular weight is 496 g/mol. The molecule has 0 aromatic heterocycles. The monoisotopic (exact) mass is 495 g/mol. The first-order chi connectivity index (χ1) is 16.4. The topological polar surface area (TPSA) is 64.6 Å². The van der Waals surface area contributed by atoms with Gasteiger partial charge in [0.05, 0.1) is 0 Å². The number of benzene rings is 1. The number of ether oxygens (including phenoxy) is 2. The molecular formula is C28H46ClNO4. The highest BCUT2D eigenvalue weighted by Crippen LogP contribution is 2.17. The lowest BCUT2D eigenvalue weighted by Gasteiger charge is -2.19. The molecule has 1 rings (SSSR count). The third-order valence-electron chi connectivity index (χ3n) is 5.70. The fourth-order valence-corrected chi connectivity index (χ4v) is 3.87. The minimum Gasteiger partial charge on any atom is -0.489 e. The standard InChI is InChI=1S/C28H46ClNO4/c1-4-5-6-7-8-9-10-11-12-13-14-15-16-17-27(31)34-26(28(32)30-23(2)3)22-33-25-20-18-24(29)19-21-25/h18-21,23,26H,4-17,22H2,1-3H3,(H,30,32). The number of rotatable bonds is 20. The molecule has 1 aromatic rings. The van der Waals surface area contributed by atoms with Gasteiger partial charge in [0.15, 0.2) is 0 Å². The van der Waals surface area contributed by atoms with E-state index in [2.05, 4.69) is 12.2 Å². The van der Waals surface area contributed by atoms with E-state index in [0.29, 0.717) is 17.2 Å². The molecule has 34 heavy (non-hydrogen) atoms. The van der Waals surface area contributed by atoms with Gasteiger partial charge in [0, 0.05) is 17.5 Å². The summed E-state index contributed by atoms with van der Waals surface area (Å²) in [6.07, 6.45) is 15.6. The van der Waals surface area contributed by atoms with Crippen LogP contribution in [0.15, 0.2) is 24.3 Å². The maximum absolute atomic E-state index is 12.5. The Labute approximate surface area is 212 Å². The van der Waals surface area contributed by atoms with Gasteiger partial charge in [0.1, 0.15) is 12.4 Å². The number of carbonyl (C=O) groups is 2. The van der Waals surface area contributed by atoms with Crippen LogP contribution in [0.2, 0.25) is 5.02 Å². The summed E-state index contributed by atoms with van der Waals surface area (Å²) in [5.74, 6) is -0.131. The van der Waals surface area contributed by atoms with Crippen molar-refractivity contribution in [1.29, 1.82) is 0 Å². The lowest BCUT2D eigenvalue weighted by atomic mass is 10.0. The largest absolute Gasteiger partial charge is 0.489 e. The van der Waals surface area contributed by atoms with E-state index >= 15 is 0 Å². The average Bonchev–Trinajstić information content (AvgIpc) is 2.80. The predicted octanol–water partition coefficient (Wildman–Crippen LogP) is 7.64. The highest BCUT2D eigenvalue weighted by molar-refractivity contribution is 6.30. The first-order valence-corrected chi connectivity index (χ1v) is 13.7. The highest BCUT2D eigenvalue weighted by Gasteiger charge is 2.24. The zero-order valence-electron chi connectivity index (χ0n) is 21.6. The molecule has 0 spiro atoms. The quantitative estimate of drug-likeness (QED) is 0.149. The van der Waals surface area contributed by atoms with Crippen LogP contribution in [-0.2, 0) is 14.3 Å². The molecule has 0 heterocycles. The molecule has 0 aliphatic carbocycles. The first-order valence-electron chi connectivity index (χ1n) is 13.3. The van der Waals surface area contributed by atoms with Crippen LogP contribution in [0.4, 0.5) is 0 Å². The Morgan fingerprint density at radius 3 is 1.82 bits per heavy atom. The molecule has 0 bridgehead atoms. The second-order valence-corrected chi connectivity index (χ2v) is 9.84. The van der Waals surface area contributed by atoms with E-state index in [1.54, 1.807) is 24.3 Å². The van der Waals surface area contributed by atoms with Crippen molar-refractivity contribution in [1.82, 2.24) is 5.32 Å². The summed E-state index contributed by atoms with van der Waals surface area (Å²) in [5, 5.41) is 3.40. The van der Waals surface area contributed by atoms with E-state index < -0.39 is 6.10 Å². The fraction of sp³-hybridized carbons (Fsp3) is 0.714. The van der Waals surface area contributed by atoms with Crippen LogP contribution in [0.5, 0.6) is 5.75 Å². The van der Waals surface area contributed by atoms with Crippen molar-refractivity contribution in [3.8, 4) is 5.75 Å². The van der Waals surface area contributed by atoms with Gasteiger partial charge in [-0.3, -0.25) is 9.59 Å². The summed E-state index contributed by atoms with van der Waals surface area (Å²) >= 11 is 5.89. The second kappa shape index (κ2) is 19.5. The summed E-state index contributed by atoms with van der Waals surface area (Å²) < 4.78 is 11.1. The van der Waals surface area contributed by atoms with Gasteiger partial charge in [0.2, 0.25) is 6.10 Å². The smallest absolute Gasteiger partial charge is 0.306 e. The van der Waals surface area contributed by atoms with Crippen molar-refractivity contribution in [3.05, 3.63) is 29.3 Å². The molecule has 1 aromatic carbocycles. The summed E-state index contributed by atoms with van der Waals surface area (Å²) in [6, 6.07) is 6.80. The highest BCUT2D eigenvalue weighted by atomic mass is 35.5. The molecular weight excluding hydrogens is 450 g/mol. The van der Waals surface area contributed by atoms with E-state index in [9.17, 15) is 9.59 Å². The number of nitrogens with one attached hydrogen (secondary N) is 1. The number of hydrogen-bond acceptors (Lipinski definition) is 4. The molecule has 6 heteroatoms. The van der Waals surface area contributed by atoms with Gasteiger partial charge in [-0.05, 0) is 44.5 Å². The Balaban J connectivity index is 2.20. The molecule has 0 saturated carbocycles. The van der Waals surface area contributed by atoms with Crippen molar-refractivity contribution >= 4 is 23.5 Å². The van der Waals surface area contributed by atoms with Crippen molar-refractivity contribution in [2.24, 2.45) is 0 Å². The summed E-state index contributed by atoms with van der Waals surface area (Å²) in [5.41, 5.74) is 0. The molecule has 1 atom stereocenters. The Morgan fingerprint density at radius 2 is 1.32 bits per heavy atom. The number of unbranched alkanes of at least 4 members (excludes halogenated alkanes) is 12. The lowest BCUT2D eigenvalue weighted by molar-refractivity contribution is -0.158.